The van der Waals surface area contributed by atoms with Crippen LogP contribution in [0.5, 0.6) is 5.75 Å². The molecule has 2 aromatic carbocycles. The molecular formula is C23H17FN2O2. The molecule has 0 aliphatic carbocycles. The van der Waals surface area contributed by atoms with Crippen molar-refractivity contribution >= 4 is 5.91 Å². The summed E-state index contributed by atoms with van der Waals surface area (Å²) in [6, 6.07) is 15.6. The number of pyridine rings is 1. The maximum atomic E-state index is 14.0. The fourth-order valence-corrected chi connectivity index (χ4v) is 3.21. The molecule has 1 aromatic heterocycles. The Bertz CT molecular complexity index is 1100. The van der Waals surface area contributed by atoms with Crippen LogP contribution in [0.15, 0.2) is 60.8 Å². The third kappa shape index (κ3) is 3.45. The van der Waals surface area contributed by atoms with Gasteiger partial charge < -0.3 is 9.64 Å². The number of nitrogens with zero attached hydrogens (tertiary/aromatic N) is 2. The lowest BCUT2D eigenvalue weighted by Gasteiger charge is -2.16. The van der Waals surface area contributed by atoms with Crippen molar-refractivity contribution in [2.24, 2.45) is 0 Å². The van der Waals surface area contributed by atoms with Gasteiger partial charge in [-0.15, -0.1) is 0 Å². The smallest absolute Gasteiger partial charge is 0.254 e. The Hall–Kier alpha value is -3.65. The normalized spacial score (nSPS) is 12.1. The average molecular weight is 372 g/mol. The summed E-state index contributed by atoms with van der Waals surface area (Å²) in [7, 11) is 1.56. The minimum atomic E-state index is -0.274. The molecule has 0 saturated carbocycles. The predicted molar refractivity (Wildman–Crippen MR) is 103 cm³/mol. The zero-order chi connectivity index (χ0) is 19.5. The molecule has 5 heteroatoms. The number of hydrogen-bond donors (Lipinski definition) is 0. The number of methoxy groups -OCH3 is 1. The summed E-state index contributed by atoms with van der Waals surface area (Å²) in [5.74, 6) is 6.14. The van der Waals surface area contributed by atoms with Crippen LogP contribution in [0.25, 0.3) is 0 Å². The van der Waals surface area contributed by atoms with E-state index < -0.39 is 0 Å². The zero-order valence-electron chi connectivity index (χ0n) is 15.3. The molecule has 0 fully saturated rings. The predicted octanol–water partition coefficient (Wildman–Crippen LogP) is 3.79. The topological polar surface area (TPSA) is 42.4 Å². The van der Waals surface area contributed by atoms with E-state index in [1.54, 1.807) is 42.5 Å². The van der Waals surface area contributed by atoms with Crippen molar-refractivity contribution in [3.8, 4) is 17.6 Å². The Kier molecular flexibility index (Phi) is 4.77. The van der Waals surface area contributed by atoms with E-state index in [-0.39, 0.29) is 18.3 Å². The van der Waals surface area contributed by atoms with Crippen LogP contribution in [0.3, 0.4) is 0 Å². The van der Waals surface area contributed by atoms with Gasteiger partial charge in [-0.05, 0) is 47.9 Å². The van der Waals surface area contributed by atoms with Gasteiger partial charge in [0.25, 0.3) is 5.91 Å². The lowest BCUT2D eigenvalue weighted by molar-refractivity contribution is 0.0750. The highest BCUT2D eigenvalue weighted by atomic mass is 19.1. The van der Waals surface area contributed by atoms with E-state index >= 15 is 0 Å². The molecule has 0 bridgehead atoms. The summed E-state index contributed by atoms with van der Waals surface area (Å²) < 4.78 is 19.3. The summed E-state index contributed by atoms with van der Waals surface area (Å²) in [5, 5.41) is 0. The zero-order valence-corrected chi connectivity index (χ0v) is 15.3. The van der Waals surface area contributed by atoms with Crippen molar-refractivity contribution in [2.75, 3.05) is 7.11 Å². The second kappa shape index (κ2) is 7.53. The maximum Gasteiger partial charge on any atom is 0.254 e. The number of hydrogen-bond acceptors (Lipinski definition) is 3. The van der Waals surface area contributed by atoms with E-state index in [4.69, 9.17) is 4.74 Å². The number of amides is 1. The number of halogens is 1. The first-order chi connectivity index (χ1) is 13.7. The number of carbonyl (C=O) groups is 1. The molecule has 0 atom stereocenters. The fourth-order valence-electron chi connectivity index (χ4n) is 3.21. The summed E-state index contributed by atoms with van der Waals surface area (Å²) in [4.78, 5) is 18.8. The van der Waals surface area contributed by atoms with E-state index in [2.05, 4.69) is 16.8 Å². The van der Waals surface area contributed by atoms with Gasteiger partial charge in [-0.2, -0.15) is 0 Å². The minimum absolute atomic E-state index is 0.167. The van der Waals surface area contributed by atoms with Gasteiger partial charge in [0.2, 0.25) is 0 Å². The molecule has 3 aromatic rings. The second-order valence-electron chi connectivity index (χ2n) is 6.42. The molecule has 1 amide bonds. The molecular weight excluding hydrogens is 355 g/mol. The standard InChI is InChI=1S/C23H17FN2O2/c1-28-22-11-9-17(13-16(22)8-10-19-6-2-3-12-25-19)23(27)26-14-18-5-4-7-21(24)20(18)15-26/h2-7,9,11-13H,14-15H2,1H3. The first-order valence-electron chi connectivity index (χ1n) is 8.82. The largest absolute Gasteiger partial charge is 0.495 e. The fraction of sp³-hybridized carbons (Fsp3) is 0.130. The van der Waals surface area contributed by atoms with Gasteiger partial charge in [-0.1, -0.05) is 24.1 Å². The molecule has 4 nitrogen and oxygen atoms in total. The van der Waals surface area contributed by atoms with Gasteiger partial charge in [0, 0.05) is 30.4 Å². The van der Waals surface area contributed by atoms with Crippen LogP contribution in [0.4, 0.5) is 4.39 Å². The molecule has 138 valence electrons. The van der Waals surface area contributed by atoms with E-state index in [9.17, 15) is 9.18 Å². The van der Waals surface area contributed by atoms with Crippen LogP contribution in [0, 0.1) is 17.7 Å². The maximum absolute atomic E-state index is 14.0. The molecule has 0 radical (unpaired) electrons. The Balaban J connectivity index is 1.62. The van der Waals surface area contributed by atoms with Crippen LogP contribution >= 0.6 is 0 Å². The number of carbonyl (C=O) groups excluding carboxylic acids is 1. The highest BCUT2D eigenvalue weighted by Gasteiger charge is 2.26. The van der Waals surface area contributed by atoms with Gasteiger partial charge >= 0.3 is 0 Å². The summed E-state index contributed by atoms with van der Waals surface area (Å²) in [6.45, 7) is 0.661. The van der Waals surface area contributed by atoms with Crippen molar-refractivity contribution < 1.29 is 13.9 Å². The van der Waals surface area contributed by atoms with Crippen molar-refractivity contribution in [1.29, 1.82) is 0 Å². The number of rotatable bonds is 2. The van der Waals surface area contributed by atoms with Crippen molar-refractivity contribution in [1.82, 2.24) is 9.88 Å². The van der Waals surface area contributed by atoms with E-state index in [0.717, 1.165) is 5.56 Å². The summed E-state index contributed by atoms with van der Waals surface area (Å²) >= 11 is 0. The molecule has 1 aliphatic rings. The molecule has 0 saturated heterocycles. The first-order valence-corrected chi connectivity index (χ1v) is 8.82. The monoisotopic (exact) mass is 372 g/mol. The summed E-state index contributed by atoms with van der Waals surface area (Å²) in [6.07, 6.45) is 1.67. The second-order valence-corrected chi connectivity index (χ2v) is 6.42. The highest BCUT2D eigenvalue weighted by molar-refractivity contribution is 5.95. The number of fused-ring (bicyclic) bond motifs is 1. The Morgan fingerprint density at radius 1 is 1.11 bits per heavy atom. The van der Waals surface area contributed by atoms with Crippen LogP contribution in [-0.2, 0) is 13.1 Å². The van der Waals surface area contributed by atoms with E-state index in [1.807, 2.05) is 24.3 Å². The van der Waals surface area contributed by atoms with Crippen LogP contribution in [-0.4, -0.2) is 22.9 Å². The Morgan fingerprint density at radius 2 is 2.00 bits per heavy atom. The number of ether oxygens (including phenoxy) is 1. The van der Waals surface area contributed by atoms with Crippen molar-refractivity contribution in [3.05, 3.63) is 94.6 Å². The highest BCUT2D eigenvalue weighted by Crippen LogP contribution is 2.27. The molecule has 0 N–H and O–H groups in total. The molecule has 4 rings (SSSR count). The van der Waals surface area contributed by atoms with Gasteiger partial charge in [-0.25, -0.2) is 9.37 Å². The molecule has 0 unspecified atom stereocenters. The molecule has 2 heterocycles. The Morgan fingerprint density at radius 3 is 2.75 bits per heavy atom. The van der Waals surface area contributed by atoms with Crippen molar-refractivity contribution in [3.63, 3.8) is 0 Å². The molecule has 0 spiro atoms. The first kappa shape index (κ1) is 17.7. The molecule has 28 heavy (non-hydrogen) atoms. The van der Waals surface area contributed by atoms with Crippen LogP contribution in [0.2, 0.25) is 0 Å². The van der Waals surface area contributed by atoms with Gasteiger partial charge in [0.1, 0.15) is 17.3 Å². The van der Waals surface area contributed by atoms with Gasteiger partial charge in [0.05, 0.1) is 12.7 Å². The van der Waals surface area contributed by atoms with Crippen molar-refractivity contribution in [2.45, 2.75) is 13.1 Å². The lowest BCUT2D eigenvalue weighted by atomic mass is 10.1. The summed E-state index contributed by atoms with van der Waals surface area (Å²) in [5.41, 5.74) is 3.14. The average Bonchev–Trinajstić information content (AvgIpc) is 3.18. The van der Waals surface area contributed by atoms with E-state index in [1.165, 1.54) is 6.07 Å². The van der Waals surface area contributed by atoms with Gasteiger partial charge in [-0.3, -0.25) is 4.79 Å². The quantitative estimate of drug-likeness (QED) is 0.643. The number of aromatic nitrogens is 1. The third-order valence-corrected chi connectivity index (χ3v) is 4.65. The number of benzene rings is 2. The Labute approximate surface area is 162 Å². The molecule has 1 aliphatic heterocycles. The lowest BCUT2D eigenvalue weighted by Crippen LogP contribution is -2.25. The minimum Gasteiger partial charge on any atom is -0.495 e. The van der Waals surface area contributed by atoms with E-state index in [0.29, 0.717) is 34.7 Å². The van der Waals surface area contributed by atoms with Crippen LogP contribution < -0.4 is 4.74 Å². The SMILES string of the molecule is COc1ccc(C(=O)N2Cc3cccc(F)c3C2)cc1C#Cc1ccccn1. The van der Waals surface area contributed by atoms with Crippen LogP contribution in [0.1, 0.15) is 32.7 Å². The third-order valence-electron chi connectivity index (χ3n) is 4.65. The van der Waals surface area contributed by atoms with Gasteiger partial charge in [0.15, 0.2) is 0 Å².